The van der Waals surface area contributed by atoms with E-state index in [1.165, 1.54) is 10.6 Å². The highest BCUT2D eigenvalue weighted by atomic mass is 32.2. The Morgan fingerprint density at radius 3 is 2.59 bits per heavy atom. The van der Waals surface area contributed by atoms with E-state index >= 15 is 0 Å². The first-order valence-electron chi connectivity index (χ1n) is 9.20. The number of aromatic nitrogens is 1. The summed E-state index contributed by atoms with van der Waals surface area (Å²) in [4.78, 5) is 27.2. The number of nitrogens with zero attached hydrogens (tertiary/aromatic N) is 1. The van der Waals surface area contributed by atoms with Gasteiger partial charge in [-0.2, -0.15) is 0 Å². The van der Waals surface area contributed by atoms with Crippen LogP contribution in [-0.2, 0) is 21.2 Å². The maximum atomic E-state index is 12.5. The normalized spacial score (nSPS) is 16.5. The third-order valence-electron chi connectivity index (χ3n) is 5.01. The van der Waals surface area contributed by atoms with E-state index in [2.05, 4.69) is 17.2 Å². The van der Waals surface area contributed by atoms with Crippen LogP contribution < -0.4 is 10.9 Å². The molecule has 27 heavy (non-hydrogen) atoms. The number of carbonyl (C=O) groups excluding carboxylic acids is 1. The minimum Gasteiger partial charge on any atom is -0.326 e. The van der Waals surface area contributed by atoms with Crippen LogP contribution in [0.4, 0.5) is 5.69 Å². The first kappa shape index (κ1) is 19.6. The highest BCUT2D eigenvalue weighted by Gasteiger charge is 2.28. The van der Waals surface area contributed by atoms with Gasteiger partial charge in [0.05, 0.1) is 11.8 Å². The Morgan fingerprint density at radius 2 is 1.96 bits per heavy atom. The van der Waals surface area contributed by atoms with Crippen molar-refractivity contribution < 1.29 is 13.2 Å². The average molecular weight is 391 g/mol. The van der Waals surface area contributed by atoms with Crippen LogP contribution in [-0.4, -0.2) is 43.0 Å². The van der Waals surface area contributed by atoms with Gasteiger partial charge in [0.1, 0.15) is 0 Å². The van der Waals surface area contributed by atoms with Gasteiger partial charge in [0.25, 0.3) is 0 Å². The fourth-order valence-corrected chi connectivity index (χ4v) is 4.45. The molecule has 1 amide bonds. The molecule has 2 aromatic rings. The van der Waals surface area contributed by atoms with Crippen molar-refractivity contribution in [3.8, 4) is 0 Å². The number of sulfonamides is 1. The van der Waals surface area contributed by atoms with E-state index in [4.69, 9.17) is 0 Å². The number of anilines is 1. The van der Waals surface area contributed by atoms with Gasteiger partial charge in [-0.15, -0.1) is 0 Å². The monoisotopic (exact) mass is 391 g/mol. The molecule has 2 heterocycles. The van der Waals surface area contributed by atoms with Crippen LogP contribution in [0.15, 0.2) is 29.1 Å². The van der Waals surface area contributed by atoms with Gasteiger partial charge in [-0.25, -0.2) is 12.7 Å². The number of hydrogen-bond acceptors (Lipinski definition) is 4. The Bertz CT molecular complexity index is 1010. The molecule has 0 atom stereocenters. The van der Waals surface area contributed by atoms with E-state index in [0.29, 0.717) is 37.1 Å². The number of H-pyrrole nitrogens is 1. The third-order valence-corrected chi connectivity index (χ3v) is 6.31. The lowest BCUT2D eigenvalue weighted by Gasteiger charge is -2.29. The van der Waals surface area contributed by atoms with E-state index in [1.54, 1.807) is 12.1 Å². The molecule has 3 rings (SSSR count). The minimum absolute atomic E-state index is 0.116. The smallest absolute Gasteiger partial charge is 0.248 e. The van der Waals surface area contributed by atoms with Crippen molar-refractivity contribution in [1.29, 1.82) is 0 Å². The van der Waals surface area contributed by atoms with Gasteiger partial charge in [0, 0.05) is 36.1 Å². The van der Waals surface area contributed by atoms with Gasteiger partial charge in [-0.05, 0) is 37.0 Å². The Kier molecular flexibility index (Phi) is 5.67. The molecule has 1 fully saturated rings. The van der Waals surface area contributed by atoms with E-state index in [1.807, 2.05) is 12.1 Å². The van der Waals surface area contributed by atoms with Gasteiger partial charge < -0.3 is 10.3 Å². The predicted molar refractivity (Wildman–Crippen MR) is 106 cm³/mol. The molecule has 2 N–H and O–H groups in total. The third kappa shape index (κ3) is 4.56. The summed E-state index contributed by atoms with van der Waals surface area (Å²) < 4.78 is 24.6. The molecule has 8 heteroatoms. The molecule has 7 nitrogen and oxygen atoms in total. The zero-order valence-corrected chi connectivity index (χ0v) is 16.4. The van der Waals surface area contributed by atoms with Crippen molar-refractivity contribution in [1.82, 2.24) is 9.29 Å². The SMILES string of the molecule is CCCc1cc(=O)[nH]c2cc(NC(=O)C3CCN(S(C)(=O)=O)CC3)ccc12. The van der Waals surface area contributed by atoms with Crippen molar-refractivity contribution in [2.24, 2.45) is 5.92 Å². The summed E-state index contributed by atoms with van der Waals surface area (Å²) in [5, 5.41) is 3.88. The van der Waals surface area contributed by atoms with Crippen LogP contribution in [0.5, 0.6) is 0 Å². The predicted octanol–water partition coefficient (Wildman–Crippen LogP) is 2.09. The highest BCUT2D eigenvalue weighted by molar-refractivity contribution is 7.88. The Hall–Kier alpha value is -2.19. The highest BCUT2D eigenvalue weighted by Crippen LogP contribution is 2.24. The molecule has 0 unspecified atom stereocenters. The topological polar surface area (TPSA) is 99.3 Å². The second kappa shape index (κ2) is 7.82. The number of aryl methyl sites for hydroxylation is 1. The second-order valence-electron chi connectivity index (χ2n) is 7.09. The molecule has 1 aromatic carbocycles. The van der Waals surface area contributed by atoms with Crippen LogP contribution >= 0.6 is 0 Å². The van der Waals surface area contributed by atoms with Crippen molar-refractivity contribution in [3.63, 3.8) is 0 Å². The van der Waals surface area contributed by atoms with Gasteiger partial charge in [0.2, 0.25) is 21.5 Å². The van der Waals surface area contributed by atoms with Gasteiger partial charge >= 0.3 is 0 Å². The van der Waals surface area contributed by atoms with Crippen LogP contribution in [0.1, 0.15) is 31.7 Å². The Morgan fingerprint density at radius 1 is 1.26 bits per heavy atom. The zero-order valence-electron chi connectivity index (χ0n) is 15.6. The summed E-state index contributed by atoms with van der Waals surface area (Å²) in [6.45, 7) is 2.79. The van der Waals surface area contributed by atoms with Crippen LogP contribution in [0, 0.1) is 5.92 Å². The number of piperidine rings is 1. The number of pyridine rings is 1. The van der Waals surface area contributed by atoms with E-state index in [0.717, 1.165) is 23.8 Å². The molecule has 1 aliphatic heterocycles. The number of benzene rings is 1. The van der Waals surface area contributed by atoms with Crippen LogP contribution in [0.3, 0.4) is 0 Å². The molecule has 0 bridgehead atoms. The standard InChI is InChI=1S/C19H25N3O4S/c1-3-4-14-11-18(23)21-17-12-15(5-6-16(14)17)20-19(24)13-7-9-22(10-8-13)27(2,25)26/h5-6,11-13H,3-4,7-10H2,1-2H3,(H,20,24)(H,21,23). The first-order chi connectivity index (χ1) is 12.8. The quantitative estimate of drug-likeness (QED) is 0.815. The van der Waals surface area contributed by atoms with Gasteiger partial charge in [-0.3, -0.25) is 9.59 Å². The number of carbonyl (C=O) groups is 1. The fraction of sp³-hybridized carbons (Fsp3) is 0.474. The van der Waals surface area contributed by atoms with Crippen LogP contribution in [0.2, 0.25) is 0 Å². The number of nitrogens with one attached hydrogen (secondary N) is 2. The van der Waals surface area contributed by atoms with E-state index in [-0.39, 0.29) is 17.4 Å². The summed E-state index contributed by atoms with van der Waals surface area (Å²) in [5.74, 6) is -0.335. The number of fused-ring (bicyclic) bond motifs is 1. The molecular formula is C19H25N3O4S. The maximum Gasteiger partial charge on any atom is 0.248 e. The van der Waals surface area contributed by atoms with E-state index in [9.17, 15) is 18.0 Å². The molecule has 0 radical (unpaired) electrons. The zero-order chi connectivity index (χ0) is 19.6. The summed E-state index contributed by atoms with van der Waals surface area (Å²) in [7, 11) is -3.20. The lowest BCUT2D eigenvalue weighted by molar-refractivity contribution is -0.120. The van der Waals surface area contributed by atoms with Gasteiger partial charge in [-0.1, -0.05) is 19.4 Å². The molecule has 1 saturated heterocycles. The summed E-state index contributed by atoms with van der Waals surface area (Å²) in [6, 6.07) is 7.15. The first-order valence-corrected chi connectivity index (χ1v) is 11.0. The number of rotatable bonds is 5. The molecule has 1 aliphatic rings. The second-order valence-corrected chi connectivity index (χ2v) is 9.08. The molecule has 146 valence electrons. The largest absolute Gasteiger partial charge is 0.326 e. The molecule has 0 saturated carbocycles. The Labute approximate surface area is 158 Å². The van der Waals surface area contributed by atoms with Crippen molar-refractivity contribution >= 4 is 32.5 Å². The van der Waals surface area contributed by atoms with E-state index < -0.39 is 10.0 Å². The lowest BCUT2D eigenvalue weighted by Crippen LogP contribution is -2.40. The van der Waals surface area contributed by atoms with Gasteiger partial charge in [0.15, 0.2) is 0 Å². The minimum atomic E-state index is -3.20. The molecule has 0 aliphatic carbocycles. The fourth-order valence-electron chi connectivity index (χ4n) is 3.58. The van der Waals surface area contributed by atoms with Crippen molar-refractivity contribution in [3.05, 3.63) is 40.2 Å². The Balaban J connectivity index is 1.73. The lowest BCUT2D eigenvalue weighted by atomic mass is 9.97. The maximum absolute atomic E-state index is 12.5. The number of amides is 1. The molecule has 0 spiro atoms. The number of hydrogen-bond donors (Lipinski definition) is 2. The number of aromatic amines is 1. The van der Waals surface area contributed by atoms with Crippen LogP contribution in [0.25, 0.3) is 10.9 Å². The summed E-state index contributed by atoms with van der Waals surface area (Å²) in [6.07, 6.45) is 3.97. The van der Waals surface area contributed by atoms with Crippen molar-refractivity contribution in [2.45, 2.75) is 32.6 Å². The molecule has 1 aromatic heterocycles. The molecular weight excluding hydrogens is 366 g/mol. The average Bonchev–Trinajstić information content (AvgIpc) is 2.61. The van der Waals surface area contributed by atoms with Crippen molar-refractivity contribution in [2.75, 3.05) is 24.7 Å². The summed E-state index contributed by atoms with van der Waals surface area (Å²) >= 11 is 0. The summed E-state index contributed by atoms with van der Waals surface area (Å²) in [5.41, 5.74) is 2.18.